The first-order valence-corrected chi connectivity index (χ1v) is 8.90. The van der Waals surface area contributed by atoms with Crippen molar-refractivity contribution in [3.63, 3.8) is 0 Å². The normalized spacial score (nSPS) is 20.0. The van der Waals surface area contributed by atoms with E-state index in [-0.39, 0.29) is 48.8 Å². The molecule has 0 radical (unpaired) electrons. The molecule has 10 nitrogen and oxygen atoms in total. The first-order valence-electron chi connectivity index (χ1n) is 8.90. The number of aliphatic hydroxyl groups is 1. The Morgan fingerprint density at radius 3 is 2.90 bits per heavy atom. The molecular formula is C18H19BN2O8. The monoisotopic (exact) mass is 402 g/mol. The van der Waals surface area contributed by atoms with E-state index >= 15 is 0 Å². The summed E-state index contributed by atoms with van der Waals surface area (Å²) in [5, 5.41) is 30.7. The summed E-state index contributed by atoms with van der Waals surface area (Å²) in [5.74, 6) is -1.13. The number of nitriles is 1. The van der Waals surface area contributed by atoms with Gasteiger partial charge < -0.3 is 34.3 Å². The lowest BCUT2D eigenvalue weighted by Gasteiger charge is -2.29. The highest BCUT2D eigenvalue weighted by Gasteiger charge is 2.38. The van der Waals surface area contributed by atoms with Crippen molar-refractivity contribution in [2.75, 3.05) is 6.61 Å². The minimum atomic E-state index is -1.42. The zero-order valence-corrected chi connectivity index (χ0v) is 15.6. The van der Waals surface area contributed by atoms with Crippen molar-refractivity contribution in [2.45, 2.75) is 38.6 Å². The first-order chi connectivity index (χ1) is 13.9. The molecule has 2 aliphatic heterocycles. The van der Waals surface area contributed by atoms with Gasteiger partial charge in [0, 0.05) is 12.8 Å². The van der Waals surface area contributed by atoms with Gasteiger partial charge in [-0.3, -0.25) is 4.79 Å². The van der Waals surface area contributed by atoms with Crippen LogP contribution in [0.3, 0.4) is 0 Å². The minimum Gasteiger partial charge on any atom is -0.534 e. The van der Waals surface area contributed by atoms with Crippen LogP contribution in [0.2, 0.25) is 0 Å². The summed E-state index contributed by atoms with van der Waals surface area (Å²) >= 11 is 0. The van der Waals surface area contributed by atoms with E-state index in [4.69, 9.17) is 24.1 Å². The molecule has 29 heavy (non-hydrogen) atoms. The summed E-state index contributed by atoms with van der Waals surface area (Å²) in [5.41, 5.74) is 0.718. The van der Waals surface area contributed by atoms with Crippen molar-refractivity contribution >= 4 is 19.0 Å². The van der Waals surface area contributed by atoms with Crippen LogP contribution in [-0.2, 0) is 25.4 Å². The van der Waals surface area contributed by atoms with E-state index in [1.54, 1.807) is 19.1 Å². The highest BCUT2D eigenvalue weighted by molar-refractivity contribution is 6.47. The third-order valence-corrected chi connectivity index (χ3v) is 4.40. The lowest BCUT2D eigenvalue weighted by molar-refractivity contribution is -0.194. The van der Waals surface area contributed by atoms with E-state index in [0.717, 1.165) is 0 Å². The number of aliphatic hydroxyl groups excluding tert-OH is 1. The highest BCUT2D eigenvalue weighted by Crippen LogP contribution is 2.31. The third-order valence-electron chi connectivity index (χ3n) is 4.40. The number of carbonyl (C=O) groups excluding carboxylic acids is 2. The summed E-state index contributed by atoms with van der Waals surface area (Å²) in [6, 6.07) is 6.71. The molecule has 0 spiro atoms. The molecule has 1 amide bonds. The lowest BCUT2D eigenvalue weighted by atomic mass is 9.72. The zero-order chi connectivity index (χ0) is 21.0. The van der Waals surface area contributed by atoms with Crippen molar-refractivity contribution < 1.29 is 38.6 Å². The van der Waals surface area contributed by atoms with E-state index < -0.39 is 25.5 Å². The number of hydrogen-bond donors (Lipinski definition) is 3. The number of ether oxygens (including phenoxy) is 3. The van der Waals surface area contributed by atoms with Crippen LogP contribution in [0.4, 0.5) is 0 Å². The fourth-order valence-corrected chi connectivity index (χ4v) is 2.95. The molecule has 0 aromatic heterocycles. The van der Waals surface area contributed by atoms with Gasteiger partial charge in [-0.25, -0.2) is 4.79 Å². The molecule has 11 heteroatoms. The predicted octanol–water partition coefficient (Wildman–Crippen LogP) is 0.141. The second kappa shape index (κ2) is 8.85. The van der Waals surface area contributed by atoms with Crippen molar-refractivity contribution in [1.29, 1.82) is 5.26 Å². The number of esters is 1. The van der Waals surface area contributed by atoms with Gasteiger partial charge in [0.25, 0.3) is 0 Å². The van der Waals surface area contributed by atoms with Gasteiger partial charge in [-0.05, 0) is 25.0 Å². The Balaban J connectivity index is 1.67. The smallest absolute Gasteiger partial charge is 0.534 e. The second-order valence-electron chi connectivity index (χ2n) is 6.44. The van der Waals surface area contributed by atoms with Gasteiger partial charge in [-0.2, -0.15) is 5.26 Å². The van der Waals surface area contributed by atoms with Gasteiger partial charge in [0.2, 0.25) is 5.91 Å². The molecule has 1 unspecified atom stereocenters. The Bertz CT molecular complexity index is 881. The van der Waals surface area contributed by atoms with Crippen molar-refractivity contribution in [1.82, 2.24) is 5.32 Å². The fourth-order valence-electron chi connectivity index (χ4n) is 2.95. The van der Waals surface area contributed by atoms with Crippen LogP contribution < -0.4 is 9.97 Å². The molecule has 0 aliphatic carbocycles. The number of rotatable bonds is 6. The molecule has 2 aliphatic rings. The van der Waals surface area contributed by atoms with Crippen LogP contribution in [0, 0.1) is 11.3 Å². The van der Waals surface area contributed by atoms with Crippen molar-refractivity contribution in [2.24, 2.45) is 0 Å². The zero-order valence-electron chi connectivity index (χ0n) is 15.6. The highest BCUT2D eigenvalue weighted by atomic mass is 16.8. The Kier molecular flexibility index (Phi) is 6.26. The molecule has 0 saturated heterocycles. The number of nitrogens with one attached hydrogen (secondary N) is 1. The molecule has 152 valence electrons. The largest absolute Gasteiger partial charge is 0.547 e. The molecule has 0 fully saturated rings. The van der Waals surface area contributed by atoms with Crippen molar-refractivity contribution in [3.05, 3.63) is 40.8 Å². The number of benzene rings is 1. The molecule has 1 aromatic carbocycles. The SMILES string of the molecule is CC1=C(COC(=O)c2cccc3c2OB(O)[C@@H](NC(=O)CCC#N)C3)OC(O)O1. The van der Waals surface area contributed by atoms with Crippen LogP contribution in [-0.4, -0.2) is 48.1 Å². The van der Waals surface area contributed by atoms with Gasteiger partial charge in [0.05, 0.1) is 12.0 Å². The van der Waals surface area contributed by atoms with Crippen LogP contribution in [0.15, 0.2) is 29.7 Å². The molecule has 0 bridgehead atoms. The van der Waals surface area contributed by atoms with Crippen LogP contribution in [0.25, 0.3) is 0 Å². The first kappa shape index (κ1) is 20.5. The van der Waals surface area contributed by atoms with Crippen LogP contribution >= 0.6 is 0 Å². The van der Waals surface area contributed by atoms with Crippen LogP contribution in [0.5, 0.6) is 5.75 Å². The molecule has 0 saturated carbocycles. The molecule has 1 aromatic rings. The number of amides is 1. The number of nitrogens with zero attached hydrogens (tertiary/aromatic N) is 1. The van der Waals surface area contributed by atoms with Gasteiger partial charge >= 0.3 is 19.6 Å². The van der Waals surface area contributed by atoms with E-state index in [9.17, 15) is 19.7 Å². The Hall–Kier alpha value is -3.23. The maximum atomic E-state index is 12.5. The van der Waals surface area contributed by atoms with Gasteiger partial charge in [0.15, 0.2) is 12.4 Å². The number of carbonyl (C=O) groups is 2. The summed E-state index contributed by atoms with van der Waals surface area (Å²) in [6.45, 7) is -0.105. The summed E-state index contributed by atoms with van der Waals surface area (Å²) in [4.78, 5) is 24.3. The standard InChI is InChI=1S/C18H19BN2O8/c1-10-13(28-18(24)27-10)9-26-17(23)12-5-2-4-11-8-14(19(25)29-16(11)12)21-15(22)6-3-7-20/h2,4-5,14,18,24-25H,3,6,8-9H2,1H3,(H,21,22)/t14-,18?/m0/s1. The van der Waals surface area contributed by atoms with E-state index in [1.807, 2.05) is 6.07 Å². The summed E-state index contributed by atoms with van der Waals surface area (Å²) < 4.78 is 20.5. The van der Waals surface area contributed by atoms with Crippen LogP contribution in [0.1, 0.15) is 35.7 Å². The van der Waals surface area contributed by atoms with E-state index in [1.165, 1.54) is 6.07 Å². The number of para-hydroxylation sites is 1. The summed E-state index contributed by atoms with van der Waals surface area (Å²) in [7, 11) is -1.37. The third kappa shape index (κ3) is 4.79. The number of hydrogen-bond acceptors (Lipinski definition) is 9. The average Bonchev–Trinajstić information content (AvgIpc) is 3.01. The maximum Gasteiger partial charge on any atom is 0.547 e. The predicted molar refractivity (Wildman–Crippen MR) is 96.7 cm³/mol. The maximum absolute atomic E-state index is 12.5. The second-order valence-corrected chi connectivity index (χ2v) is 6.44. The number of fused-ring (bicyclic) bond motifs is 1. The molecular weight excluding hydrogens is 383 g/mol. The summed E-state index contributed by atoms with van der Waals surface area (Å²) in [6.07, 6.45) is 0.335. The topological polar surface area (TPSA) is 147 Å². The molecule has 2 atom stereocenters. The quantitative estimate of drug-likeness (QED) is 0.446. The lowest BCUT2D eigenvalue weighted by Crippen LogP contribution is -2.53. The van der Waals surface area contributed by atoms with E-state index in [0.29, 0.717) is 11.3 Å². The Morgan fingerprint density at radius 1 is 1.41 bits per heavy atom. The average molecular weight is 402 g/mol. The van der Waals surface area contributed by atoms with E-state index in [2.05, 4.69) is 5.32 Å². The minimum absolute atomic E-state index is 0.0225. The van der Waals surface area contributed by atoms with Gasteiger partial charge in [0.1, 0.15) is 17.1 Å². The van der Waals surface area contributed by atoms with Crippen molar-refractivity contribution in [3.8, 4) is 11.8 Å². The fraction of sp³-hybridized carbons (Fsp3) is 0.389. The Morgan fingerprint density at radius 2 is 2.21 bits per heavy atom. The molecule has 2 heterocycles. The Labute approximate surface area is 166 Å². The number of allylic oxidation sites excluding steroid dienone is 1. The van der Waals surface area contributed by atoms with Gasteiger partial charge in [-0.1, -0.05) is 12.1 Å². The van der Waals surface area contributed by atoms with Gasteiger partial charge in [-0.15, -0.1) is 0 Å². The molecule has 3 N–H and O–H groups in total. The molecule has 3 rings (SSSR count).